The maximum Gasteiger partial charge on any atom is 0.492 e. The van der Waals surface area contributed by atoms with Gasteiger partial charge in [0.2, 0.25) is 0 Å². The number of para-hydroxylation sites is 1. The molecular weight excluding hydrogens is 327 g/mol. The Labute approximate surface area is 112 Å². The monoisotopic (exact) mass is 330 g/mol. The molecule has 0 bridgehead atoms. The molecule has 1 aromatic carbocycles. The van der Waals surface area contributed by atoms with Crippen LogP contribution in [0.1, 0.15) is 10.4 Å². The number of nitro groups is 1. The highest BCUT2D eigenvalue weighted by Gasteiger charge is 2.26. The van der Waals surface area contributed by atoms with Crippen LogP contribution in [0.5, 0.6) is 0 Å². The van der Waals surface area contributed by atoms with Crippen molar-refractivity contribution in [3.05, 3.63) is 44.4 Å². The Kier molecular flexibility index (Phi) is 3.25. The first kappa shape index (κ1) is 13.1. The maximum atomic E-state index is 13.7. The lowest BCUT2D eigenvalue weighted by atomic mass is 10.1. The highest BCUT2D eigenvalue weighted by Crippen LogP contribution is 2.23. The minimum absolute atomic E-state index is 0.174. The summed E-state index contributed by atoms with van der Waals surface area (Å²) in [5.74, 6) is -3.05. The third-order valence-corrected chi connectivity index (χ3v) is 2.66. The molecule has 0 radical (unpaired) electrons. The van der Waals surface area contributed by atoms with E-state index in [4.69, 9.17) is 5.11 Å². The second-order valence-corrected chi connectivity index (χ2v) is 4.00. The van der Waals surface area contributed by atoms with Crippen molar-refractivity contribution in [1.82, 2.24) is 14.8 Å². The van der Waals surface area contributed by atoms with Crippen molar-refractivity contribution in [3.63, 3.8) is 0 Å². The molecule has 0 fully saturated rings. The van der Waals surface area contributed by atoms with Gasteiger partial charge in [-0.25, -0.2) is 9.18 Å². The van der Waals surface area contributed by atoms with Crippen LogP contribution >= 0.6 is 15.9 Å². The van der Waals surface area contributed by atoms with Gasteiger partial charge < -0.3 is 15.2 Å². The molecule has 0 saturated heterocycles. The van der Waals surface area contributed by atoms with Crippen LogP contribution in [0.2, 0.25) is 0 Å². The summed E-state index contributed by atoms with van der Waals surface area (Å²) in [7, 11) is 0. The number of hydrogen-bond donors (Lipinski definition) is 1. The molecular formula is C9H4BrFN4O4. The fourth-order valence-electron chi connectivity index (χ4n) is 1.41. The van der Waals surface area contributed by atoms with Gasteiger partial charge in [-0.1, -0.05) is 6.07 Å². The number of carboxylic acids is 1. The highest BCUT2D eigenvalue weighted by molar-refractivity contribution is 9.10. The number of carbonyl (C=O) groups is 1. The molecule has 98 valence electrons. The van der Waals surface area contributed by atoms with Crippen molar-refractivity contribution in [1.29, 1.82) is 0 Å². The summed E-state index contributed by atoms with van der Waals surface area (Å²) in [5, 5.41) is 23.0. The van der Waals surface area contributed by atoms with Crippen LogP contribution < -0.4 is 0 Å². The van der Waals surface area contributed by atoms with E-state index in [0.29, 0.717) is 0 Å². The standard InChI is InChI=1S/C9H4BrFN4O4/c10-8-12-9(15(18)19)13-14(8)6-4(7(16)17)2-1-3-5(6)11/h1-3H,(H,16,17). The van der Waals surface area contributed by atoms with Gasteiger partial charge in [0.1, 0.15) is 5.69 Å². The van der Waals surface area contributed by atoms with E-state index in [1.807, 2.05) is 0 Å². The molecule has 0 aliphatic heterocycles. The average molecular weight is 331 g/mol. The van der Waals surface area contributed by atoms with Crippen molar-refractivity contribution in [2.75, 3.05) is 0 Å². The van der Waals surface area contributed by atoms with Crippen molar-refractivity contribution < 1.29 is 19.2 Å². The number of hydrogen-bond acceptors (Lipinski definition) is 5. The summed E-state index contributed by atoms with van der Waals surface area (Å²) in [6, 6.07) is 3.38. The van der Waals surface area contributed by atoms with Crippen LogP contribution in [-0.2, 0) is 0 Å². The number of aromatic nitrogens is 3. The largest absolute Gasteiger partial charge is 0.492 e. The van der Waals surface area contributed by atoms with E-state index in [2.05, 4.69) is 26.0 Å². The number of halogens is 2. The van der Waals surface area contributed by atoms with E-state index in [0.717, 1.165) is 16.8 Å². The SMILES string of the molecule is O=C(O)c1cccc(F)c1-n1nc([N+](=O)[O-])nc1Br. The summed E-state index contributed by atoms with van der Waals surface area (Å²) in [4.78, 5) is 24.1. The number of rotatable bonds is 3. The summed E-state index contributed by atoms with van der Waals surface area (Å²) >= 11 is 2.86. The molecule has 2 rings (SSSR count). The quantitative estimate of drug-likeness (QED) is 0.678. The molecule has 8 nitrogen and oxygen atoms in total. The molecule has 1 heterocycles. The van der Waals surface area contributed by atoms with Crippen LogP contribution in [0.3, 0.4) is 0 Å². The van der Waals surface area contributed by atoms with Gasteiger partial charge in [-0.05, 0) is 22.0 Å². The number of aromatic carboxylic acids is 1. The third-order valence-electron chi connectivity index (χ3n) is 2.15. The lowest BCUT2D eigenvalue weighted by molar-refractivity contribution is -0.394. The first-order chi connectivity index (χ1) is 8.91. The van der Waals surface area contributed by atoms with Crippen molar-refractivity contribution in [2.45, 2.75) is 0 Å². The van der Waals surface area contributed by atoms with Gasteiger partial charge in [-0.15, -0.1) is 4.68 Å². The van der Waals surface area contributed by atoms with Crippen molar-refractivity contribution >= 4 is 27.8 Å². The molecule has 10 heteroatoms. The minimum atomic E-state index is -1.39. The summed E-state index contributed by atoms with van der Waals surface area (Å²) in [6.45, 7) is 0. The second-order valence-electron chi connectivity index (χ2n) is 3.29. The summed E-state index contributed by atoms with van der Waals surface area (Å²) in [6.07, 6.45) is 0. The minimum Gasteiger partial charge on any atom is -0.478 e. The zero-order chi connectivity index (χ0) is 14.2. The summed E-state index contributed by atoms with van der Waals surface area (Å²) < 4.78 is 14.3. The topological polar surface area (TPSA) is 111 Å². The van der Waals surface area contributed by atoms with Gasteiger partial charge in [0.25, 0.3) is 4.73 Å². The van der Waals surface area contributed by atoms with Crippen LogP contribution in [0.15, 0.2) is 22.9 Å². The molecule has 1 N–H and O–H groups in total. The molecule has 0 amide bonds. The third kappa shape index (κ3) is 2.29. The molecule has 19 heavy (non-hydrogen) atoms. The predicted octanol–water partition coefficient (Wildman–Crippen LogP) is 1.78. The van der Waals surface area contributed by atoms with Crippen LogP contribution in [0.25, 0.3) is 5.69 Å². The lowest BCUT2D eigenvalue weighted by Crippen LogP contribution is -2.09. The van der Waals surface area contributed by atoms with Gasteiger partial charge in [0, 0.05) is 21.0 Å². The van der Waals surface area contributed by atoms with Gasteiger partial charge in [-0.2, -0.15) is 0 Å². The van der Waals surface area contributed by atoms with E-state index < -0.39 is 28.3 Å². The fraction of sp³-hybridized carbons (Fsp3) is 0. The zero-order valence-corrected chi connectivity index (χ0v) is 10.5. The van der Waals surface area contributed by atoms with Gasteiger partial charge in [0.15, 0.2) is 5.82 Å². The normalized spacial score (nSPS) is 10.4. The highest BCUT2D eigenvalue weighted by atomic mass is 79.9. The van der Waals surface area contributed by atoms with E-state index >= 15 is 0 Å². The van der Waals surface area contributed by atoms with Crippen LogP contribution in [0, 0.1) is 15.9 Å². The van der Waals surface area contributed by atoms with Gasteiger partial charge >= 0.3 is 11.9 Å². The molecule has 0 aliphatic rings. The molecule has 0 spiro atoms. The first-order valence-electron chi connectivity index (χ1n) is 4.71. The Morgan fingerprint density at radius 2 is 2.21 bits per heavy atom. The lowest BCUT2D eigenvalue weighted by Gasteiger charge is -2.04. The number of carboxylic acid groups (broad SMARTS) is 1. The van der Waals surface area contributed by atoms with E-state index in [-0.39, 0.29) is 10.3 Å². The van der Waals surface area contributed by atoms with E-state index in [1.165, 1.54) is 6.07 Å². The van der Waals surface area contributed by atoms with E-state index in [9.17, 15) is 19.3 Å². The molecule has 2 aromatic rings. The van der Waals surface area contributed by atoms with Crippen LogP contribution in [0.4, 0.5) is 10.3 Å². The smallest absolute Gasteiger partial charge is 0.478 e. The average Bonchev–Trinajstić information content (AvgIpc) is 2.71. The summed E-state index contributed by atoms with van der Waals surface area (Å²) in [5.41, 5.74) is -0.817. The molecule has 0 aliphatic carbocycles. The van der Waals surface area contributed by atoms with Crippen molar-refractivity contribution in [2.24, 2.45) is 0 Å². The number of nitrogens with zero attached hydrogens (tertiary/aromatic N) is 4. The molecule has 1 aromatic heterocycles. The predicted molar refractivity (Wildman–Crippen MR) is 62.6 cm³/mol. The second kappa shape index (κ2) is 4.72. The van der Waals surface area contributed by atoms with E-state index in [1.54, 1.807) is 0 Å². The number of benzene rings is 1. The van der Waals surface area contributed by atoms with Crippen LogP contribution in [-0.4, -0.2) is 30.8 Å². The first-order valence-corrected chi connectivity index (χ1v) is 5.50. The van der Waals surface area contributed by atoms with Gasteiger partial charge in [-0.3, -0.25) is 0 Å². The fourth-order valence-corrected chi connectivity index (χ4v) is 1.82. The molecule has 0 atom stereocenters. The Hall–Kier alpha value is -2.36. The Balaban J connectivity index is 2.71. The van der Waals surface area contributed by atoms with Gasteiger partial charge in [0.05, 0.1) is 5.56 Å². The maximum absolute atomic E-state index is 13.7. The Morgan fingerprint density at radius 3 is 2.74 bits per heavy atom. The molecule has 0 saturated carbocycles. The Bertz CT molecular complexity index is 687. The molecule has 0 unspecified atom stereocenters. The Morgan fingerprint density at radius 1 is 1.53 bits per heavy atom. The zero-order valence-electron chi connectivity index (χ0n) is 8.95. The van der Waals surface area contributed by atoms with Crippen molar-refractivity contribution in [3.8, 4) is 5.69 Å².